The van der Waals surface area contributed by atoms with E-state index in [9.17, 15) is 0 Å². The van der Waals surface area contributed by atoms with Gasteiger partial charge in [-0.05, 0) is 31.4 Å². The molecule has 0 amide bonds. The third kappa shape index (κ3) is 2.74. The van der Waals surface area contributed by atoms with Gasteiger partial charge >= 0.3 is 0 Å². The highest BCUT2D eigenvalue weighted by atomic mass is 32.1. The second kappa shape index (κ2) is 5.58. The number of thiazole rings is 1. The Kier molecular flexibility index (Phi) is 3.81. The lowest BCUT2D eigenvalue weighted by Gasteiger charge is -2.21. The highest BCUT2D eigenvalue weighted by Gasteiger charge is 2.19. The van der Waals surface area contributed by atoms with Crippen LogP contribution in [0.15, 0.2) is 5.38 Å². The van der Waals surface area contributed by atoms with Crippen LogP contribution in [0.2, 0.25) is 0 Å². The maximum atomic E-state index is 4.82. The van der Waals surface area contributed by atoms with Crippen molar-refractivity contribution in [3.63, 3.8) is 0 Å². The summed E-state index contributed by atoms with van der Waals surface area (Å²) in [6, 6.07) is 0. The van der Waals surface area contributed by atoms with Crippen LogP contribution in [0.25, 0.3) is 0 Å². The van der Waals surface area contributed by atoms with Gasteiger partial charge in [-0.2, -0.15) is 0 Å². The topological polar surface area (TPSA) is 50.7 Å². The number of fused-ring (bicyclic) bond motifs is 1. The van der Waals surface area contributed by atoms with Gasteiger partial charge in [-0.25, -0.2) is 15.0 Å². The SMILES string of the molecule is Cc1nc(Cc2nc3c(c(C(C)C)n2)CCNC3)cs1. The van der Waals surface area contributed by atoms with Gasteiger partial charge in [-0.1, -0.05) is 13.8 Å². The van der Waals surface area contributed by atoms with Gasteiger partial charge in [-0.15, -0.1) is 11.3 Å². The Balaban J connectivity index is 1.97. The minimum absolute atomic E-state index is 0.445. The fraction of sp³-hybridized carbons (Fsp3) is 0.533. The third-order valence-corrected chi connectivity index (χ3v) is 4.39. The zero-order valence-electron chi connectivity index (χ0n) is 12.2. The van der Waals surface area contributed by atoms with E-state index >= 15 is 0 Å². The molecule has 0 spiro atoms. The predicted molar refractivity (Wildman–Crippen MR) is 81.2 cm³/mol. The first-order chi connectivity index (χ1) is 9.63. The van der Waals surface area contributed by atoms with E-state index in [1.165, 1.54) is 17.0 Å². The Morgan fingerprint density at radius 2 is 2.15 bits per heavy atom. The van der Waals surface area contributed by atoms with Gasteiger partial charge in [0, 0.05) is 11.9 Å². The van der Waals surface area contributed by atoms with Crippen LogP contribution in [0, 0.1) is 6.92 Å². The Hall–Kier alpha value is -1.33. The average molecular weight is 288 g/mol. The normalized spacial score (nSPS) is 14.6. The van der Waals surface area contributed by atoms with Crippen LogP contribution in [0.5, 0.6) is 0 Å². The summed E-state index contributed by atoms with van der Waals surface area (Å²) in [7, 11) is 0. The van der Waals surface area contributed by atoms with Crippen LogP contribution in [0.3, 0.4) is 0 Å². The molecule has 1 aliphatic rings. The van der Waals surface area contributed by atoms with E-state index in [1.54, 1.807) is 11.3 Å². The quantitative estimate of drug-likeness (QED) is 0.943. The summed E-state index contributed by atoms with van der Waals surface area (Å²) >= 11 is 1.68. The van der Waals surface area contributed by atoms with Crippen molar-refractivity contribution in [1.29, 1.82) is 0 Å². The Morgan fingerprint density at radius 3 is 2.85 bits per heavy atom. The van der Waals surface area contributed by atoms with Crippen LogP contribution in [0.1, 0.15) is 53.2 Å². The van der Waals surface area contributed by atoms with Crippen molar-refractivity contribution < 1.29 is 0 Å². The smallest absolute Gasteiger partial charge is 0.134 e. The highest BCUT2D eigenvalue weighted by Crippen LogP contribution is 2.23. The van der Waals surface area contributed by atoms with Crippen molar-refractivity contribution in [3.05, 3.63) is 38.9 Å². The monoisotopic (exact) mass is 288 g/mol. The lowest BCUT2D eigenvalue weighted by molar-refractivity contribution is 0.601. The zero-order chi connectivity index (χ0) is 14.1. The molecule has 4 nitrogen and oxygen atoms in total. The largest absolute Gasteiger partial charge is 0.311 e. The van der Waals surface area contributed by atoms with Crippen molar-refractivity contribution in [2.45, 2.75) is 46.1 Å². The van der Waals surface area contributed by atoms with E-state index < -0.39 is 0 Å². The van der Waals surface area contributed by atoms with Crippen molar-refractivity contribution in [2.24, 2.45) is 0 Å². The summed E-state index contributed by atoms with van der Waals surface area (Å²) < 4.78 is 0. The van der Waals surface area contributed by atoms with Crippen molar-refractivity contribution in [2.75, 3.05) is 6.54 Å². The second-order valence-corrected chi connectivity index (χ2v) is 6.63. The molecule has 0 saturated carbocycles. The van der Waals surface area contributed by atoms with E-state index in [0.29, 0.717) is 5.92 Å². The molecular formula is C15H20N4S. The first kappa shape index (κ1) is 13.6. The molecule has 1 aliphatic heterocycles. The molecule has 5 heteroatoms. The van der Waals surface area contributed by atoms with Gasteiger partial charge < -0.3 is 5.32 Å². The maximum absolute atomic E-state index is 4.82. The highest BCUT2D eigenvalue weighted by molar-refractivity contribution is 7.09. The lowest BCUT2D eigenvalue weighted by Crippen LogP contribution is -2.27. The summed E-state index contributed by atoms with van der Waals surface area (Å²) in [5.41, 5.74) is 4.83. The van der Waals surface area contributed by atoms with E-state index in [4.69, 9.17) is 9.97 Å². The molecule has 20 heavy (non-hydrogen) atoms. The maximum Gasteiger partial charge on any atom is 0.134 e. The molecule has 2 aromatic heterocycles. The van der Waals surface area contributed by atoms with Gasteiger partial charge in [0.05, 0.1) is 28.5 Å². The van der Waals surface area contributed by atoms with Gasteiger partial charge in [0.2, 0.25) is 0 Å². The van der Waals surface area contributed by atoms with Crippen LogP contribution in [-0.4, -0.2) is 21.5 Å². The summed E-state index contributed by atoms with van der Waals surface area (Å²) in [4.78, 5) is 14.1. The van der Waals surface area contributed by atoms with Crippen LogP contribution >= 0.6 is 11.3 Å². The van der Waals surface area contributed by atoms with Gasteiger partial charge in [0.15, 0.2) is 0 Å². The summed E-state index contributed by atoms with van der Waals surface area (Å²) in [5, 5.41) is 6.60. The number of nitrogens with zero attached hydrogens (tertiary/aromatic N) is 3. The average Bonchev–Trinajstić information content (AvgIpc) is 2.83. The Morgan fingerprint density at radius 1 is 1.30 bits per heavy atom. The third-order valence-electron chi connectivity index (χ3n) is 3.57. The van der Waals surface area contributed by atoms with Gasteiger partial charge in [0.1, 0.15) is 5.82 Å². The standard InChI is InChI=1S/C15H20N4S/c1-9(2)15-12-4-5-16-7-13(12)18-14(19-15)6-11-8-20-10(3)17-11/h8-9,16H,4-7H2,1-3H3. The van der Waals surface area contributed by atoms with E-state index in [2.05, 4.69) is 29.5 Å². The van der Waals surface area contributed by atoms with Crippen LogP contribution in [-0.2, 0) is 19.4 Å². The fourth-order valence-corrected chi connectivity index (χ4v) is 3.26. The first-order valence-corrected chi connectivity index (χ1v) is 8.01. The van der Waals surface area contributed by atoms with Crippen LogP contribution in [0.4, 0.5) is 0 Å². The lowest BCUT2D eigenvalue weighted by atomic mass is 9.97. The fourth-order valence-electron chi connectivity index (χ4n) is 2.65. The molecule has 3 heterocycles. The predicted octanol–water partition coefficient (Wildman–Crippen LogP) is 2.60. The molecule has 0 aromatic carbocycles. The number of nitrogens with one attached hydrogen (secondary N) is 1. The van der Waals surface area contributed by atoms with E-state index in [-0.39, 0.29) is 0 Å². The van der Waals surface area contributed by atoms with Crippen molar-refractivity contribution in [1.82, 2.24) is 20.3 Å². The minimum atomic E-state index is 0.445. The molecule has 2 aromatic rings. The molecule has 0 saturated heterocycles. The Bertz CT molecular complexity index is 618. The number of aromatic nitrogens is 3. The van der Waals surface area contributed by atoms with E-state index in [0.717, 1.165) is 42.5 Å². The van der Waals surface area contributed by atoms with E-state index in [1.807, 2.05) is 6.92 Å². The molecule has 0 unspecified atom stereocenters. The summed E-state index contributed by atoms with van der Waals surface area (Å²) in [5.74, 6) is 1.35. The molecule has 0 atom stereocenters. The number of hydrogen-bond acceptors (Lipinski definition) is 5. The molecule has 1 N–H and O–H groups in total. The zero-order valence-corrected chi connectivity index (χ0v) is 13.0. The number of aryl methyl sites for hydroxylation is 1. The van der Waals surface area contributed by atoms with Crippen LogP contribution < -0.4 is 5.32 Å². The molecule has 3 rings (SSSR count). The molecule has 0 radical (unpaired) electrons. The number of rotatable bonds is 3. The summed E-state index contributed by atoms with van der Waals surface area (Å²) in [6.45, 7) is 8.34. The van der Waals surface area contributed by atoms with Gasteiger partial charge in [0.25, 0.3) is 0 Å². The summed E-state index contributed by atoms with van der Waals surface area (Å²) in [6.07, 6.45) is 1.77. The Labute approximate surface area is 123 Å². The van der Waals surface area contributed by atoms with Crippen molar-refractivity contribution in [3.8, 4) is 0 Å². The molecule has 0 aliphatic carbocycles. The first-order valence-electron chi connectivity index (χ1n) is 7.13. The molecule has 0 fully saturated rings. The molecule has 106 valence electrons. The minimum Gasteiger partial charge on any atom is -0.311 e. The van der Waals surface area contributed by atoms with Gasteiger partial charge in [-0.3, -0.25) is 0 Å². The second-order valence-electron chi connectivity index (χ2n) is 5.57. The molecule has 0 bridgehead atoms. The molecular weight excluding hydrogens is 268 g/mol. The number of hydrogen-bond donors (Lipinski definition) is 1. The van der Waals surface area contributed by atoms with Crippen molar-refractivity contribution >= 4 is 11.3 Å².